The van der Waals surface area contributed by atoms with Crippen LogP contribution in [0.2, 0.25) is 0 Å². The smallest absolute Gasteiger partial charge is 0.321 e. The summed E-state index contributed by atoms with van der Waals surface area (Å²) in [6.45, 7) is 5.86. The van der Waals surface area contributed by atoms with Crippen LogP contribution in [-0.4, -0.2) is 35.1 Å². The summed E-state index contributed by atoms with van der Waals surface area (Å²) < 4.78 is 0. The van der Waals surface area contributed by atoms with Crippen LogP contribution in [0.3, 0.4) is 0 Å². The lowest BCUT2D eigenvalue weighted by atomic mass is 10.0. The summed E-state index contributed by atoms with van der Waals surface area (Å²) in [7, 11) is 0. The number of carboxylic acids is 1. The first-order chi connectivity index (χ1) is 8.69. The topological polar surface area (TPSA) is 40.5 Å². The fourth-order valence-corrected chi connectivity index (χ4v) is 2.21. The Morgan fingerprint density at radius 2 is 1.72 bits per heavy atom. The van der Waals surface area contributed by atoms with Crippen molar-refractivity contribution in [3.8, 4) is 0 Å². The number of hydrogen-bond donors (Lipinski definition) is 1. The molecule has 0 radical (unpaired) electrons. The van der Waals surface area contributed by atoms with Gasteiger partial charge in [-0.25, -0.2) is 0 Å². The lowest BCUT2D eigenvalue weighted by Gasteiger charge is -2.28. The van der Waals surface area contributed by atoms with Gasteiger partial charge in [-0.05, 0) is 37.9 Å². The van der Waals surface area contributed by atoms with E-state index in [0.29, 0.717) is 6.42 Å². The van der Waals surface area contributed by atoms with Crippen LogP contribution in [0.5, 0.6) is 0 Å². The van der Waals surface area contributed by atoms with Gasteiger partial charge in [0.25, 0.3) is 0 Å². The van der Waals surface area contributed by atoms with Crippen LogP contribution >= 0.6 is 0 Å². The molecule has 1 aromatic rings. The molecule has 0 saturated carbocycles. The number of benzene rings is 1. The molecule has 1 unspecified atom stereocenters. The Morgan fingerprint density at radius 3 is 2.17 bits per heavy atom. The average molecular weight is 249 g/mol. The third-order valence-electron chi connectivity index (χ3n) is 3.02. The van der Waals surface area contributed by atoms with Crippen molar-refractivity contribution in [3.63, 3.8) is 0 Å². The molecule has 0 aromatic heterocycles. The van der Waals surface area contributed by atoms with Crippen molar-refractivity contribution in [2.45, 2.75) is 39.2 Å². The number of rotatable bonds is 8. The number of hydrogen-bond acceptors (Lipinski definition) is 2. The van der Waals surface area contributed by atoms with Gasteiger partial charge in [0.15, 0.2) is 0 Å². The van der Waals surface area contributed by atoms with E-state index in [2.05, 4.69) is 18.7 Å². The number of aliphatic carboxylic acids is 1. The number of carboxylic acid groups (broad SMARTS) is 1. The van der Waals surface area contributed by atoms with Gasteiger partial charge in [-0.3, -0.25) is 9.69 Å². The highest BCUT2D eigenvalue weighted by molar-refractivity contribution is 5.74. The van der Waals surface area contributed by atoms with E-state index < -0.39 is 12.0 Å². The van der Waals surface area contributed by atoms with Crippen molar-refractivity contribution >= 4 is 5.97 Å². The minimum atomic E-state index is -0.722. The van der Waals surface area contributed by atoms with Crippen LogP contribution in [0.1, 0.15) is 32.3 Å². The highest BCUT2D eigenvalue weighted by atomic mass is 16.4. The molecule has 100 valence electrons. The predicted octanol–water partition coefficient (Wildman–Crippen LogP) is 2.80. The van der Waals surface area contributed by atoms with Crippen molar-refractivity contribution in [3.05, 3.63) is 35.9 Å². The molecular formula is C15H23NO2. The van der Waals surface area contributed by atoms with Crippen LogP contribution in [0.4, 0.5) is 0 Å². The molecular weight excluding hydrogens is 226 g/mol. The lowest BCUT2D eigenvalue weighted by Crippen LogP contribution is -2.43. The van der Waals surface area contributed by atoms with Crippen LogP contribution < -0.4 is 0 Å². The Balaban J connectivity index is 2.77. The highest BCUT2D eigenvalue weighted by Gasteiger charge is 2.24. The predicted molar refractivity (Wildman–Crippen MR) is 73.7 cm³/mol. The van der Waals surface area contributed by atoms with Gasteiger partial charge in [0, 0.05) is 0 Å². The normalized spacial score (nSPS) is 12.6. The van der Waals surface area contributed by atoms with E-state index in [0.717, 1.165) is 31.5 Å². The average Bonchev–Trinajstić information content (AvgIpc) is 2.37. The molecule has 0 aliphatic heterocycles. The highest BCUT2D eigenvalue weighted by Crippen LogP contribution is 2.11. The molecule has 1 N–H and O–H groups in total. The number of nitrogens with zero attached hydrogens (tertiary/aromatic N) is 1. The van der Waals surface area contributed by atoms with Crippen molar-refractivity contribution in [1.29, 1.82) is 0 Å². The molecule has 1 atom stereocenters. The maximum atomic E-state index is 11.5. The SMILES string of the molecule is CCCN(CCC)C(Cc1ccccc1)C(=O)O. The van der Waals surface area contributed by atoms with E-state index in [1.807, 2.05) is 30.3 Å². The van der Waals surface area contributed by atoms with Gasteiger partial charge >= 0.3 is 5.97 Å². The second-order valence-corrected chi connectivity index (χ2v) is 4.58. The Hall–Kier alpha value is -1.35. The zero-order valence-corrected chi connectivity index (χ0v) is 11.3. The molecule has 3 heteroatoms. The fourth-order valence-electron chi connectivity index (χ4n) is 2.21. The summed E-state index contributed by atoms with van der Waals surface area (Å²) in [5.41, 5.74) is 1.09. The van der Waals surface area contributed by atoms with E-state index in [1.54, 1.807) is 0 Å². The molecule has 18 heavy (non-hydrogen) atoms. The quantitative estimate of drug-likeness (QED) is 0.770. The summed E-state index contributed by atoms with van der Waals surface area (Å²) in [6, 6.07) is 9.44. The molecule has 3 nitrogen and oxygen atoms in total. The van der Waals surface area contributed by atoms with Crippen molar-refractivity contribution in [1.82, 2.24) is 4.90 Å². The van der Waals surface area contributed by atoms with Gasteiger partial charge in [-0.1, -0.05) is 44.2 Å². The first kappa shape index (κ1) is 14.7. The van der Waals surface area contributed by atoms with E-state index in [9.17, 15) is 9.90 Å². The van der Waals surface area contributed by atoms with Gasteiger partial charge in [0.2, 0.25) is 0 Å². The lowest BCUT2D eigenvalue weighted by molar-refractivity contribution is -0.143. The van der Waals surface area contributed by atoms with E-state index in [1.165, 1.54) is 0 Å². The maximum Gasteiger partial charge on any atom is 0.321 e. The molecule has 0 heterocycles. The first-order valence-electron chi connectivity index (χ1n) is 6.69. The Morgan fingerprint density at radius 1 is 1.17 bits per heavy atom. The van der Waals surface area contributed by atoms with Gasteiger partial charge < -0.3 is 5.11 Å². The largest absolute Gasteiger partial charge is 0.480 e. The summed E-state index contributed by atoms with van der Waals surface area (Å²) in [5, 5.41) is 9.42. The molecule has 0 amide bonds. The third-order valence-corrected chi connectivity index (χ3v) is 3.02. The molecule has 0 fully saturated rings. The summed E-state index contributed by atoms with van der Waals surface area (Å²) in [6.07, 6.45) is 2.55. The Kier molecular flexibility index (Phi) is 6.44. The zero-order valence-electron chi connectivity index (χ0n) is 11.3. The van der Waals surface area contributed by atoms with E-state index in [-0.39, 0.29) is 0 Å². The van der Waals surface area contributed by atoms with Gasteiger partial charge in [0.1, 0.15) is 6.04 Å². The van der Waals surface area contributed by atoms with Crippen LogP contribution in [0.15, 0.2) is 30.3 Å². The second-order valence-electron chi connectivity index (χ2n) is 4.58. The Bertz CT molecular complexity index is 345. The standard InChI is InChI=1S/C15H23NO2/c1-3-10-16(11-4-2)14(15(17)18)12-13-8-6-5-7-9-13/h5-9,14H,3-4,10-12H2,1-2H3,(H,17,18). The molecule has 0 saturated heterocycles. The molecule has 0 aliphatic rings. The van der Waals surface area contributed by atoms with Crippen LogP contribution in [0.25, 0.3) is 0 Å². The molecule has 0 aliphatic carbocycles. The van der Waals surface area contributed by atoms with E-state index in [4.69, 9.17) is 0 Å². The van der Waals surface area contributed by atoms with Crippen molar-refractivity contribution < 1.29 is 9.90 Å². The summed E-state index contributed by atoms with van der Waals surface area (Å²) in [4.78, 5) is 13.5. The van der Waals surface area contributed by atoms with Gasteiger partial charge in [0.05, 0.1) is 0 Å². The molecule has 1 rings (SSSR count). The van der Waals surface area contributed by atoms with Crippen LogP contribution in [-0.2, 0) is 11.2 Å². The third kappa shape index (κ3) is 4.49. The zero-order chi connectivity index (χ0) is 13.4. The first-order valence-corrected chi connectivity index (χ1v) is 6.69. The summed E-state index contributed by atoms with van der Waals surface area (Å²) in [5.74, 6) is -0.722. The van der Waals surface area contributed by atoms with Crippen molar-refractivity contribution in [2.75, 3.05) is 13.1 Å². The summed E-state index contributed by atoms with van der Waals surface area (Å²) >= 11 is 0. The molecule has 0 bridgehead atoms. The monoisotopic (exact) mass is 249 g/mol. The minimum absolute atomic E-state index is 0.410. The second kappa shape index (κ2) is 7.88. The maximum absolute atomic E-state index is 11.5. The van der Waals surface area contributed by atoms with Gasteiger partial charge in [-0.2, -0.15) is 0 Å². The van der Waals surface area contributed by atoms with Gasteiger partial charge in [-0.15, -0.1) is 0 Å². The Labute approximate surface area is 109 Å². The number of carbonyl (C=O) groups is 1. The van der Waals surface area contributed by atoms with Crippen molar-refractivity contribution in [2.24, 2.45) is 0 Å². The molecule has 0 spiro atoms. The van der Waals surface area contributed by atoms with Crippen LogP contribution in [0, 0.1) is 0 Å². The van der Waals surface area contributed by atoms with E-state index >= 15 is 0 Å². The molecule has 1 aromatic carbocycles. The minimum Gasteiger partial charge on any atom is -0.480 e. The fraction of sp³-hybridized carbons (Fsp3) is 0.533.